The number of alkyl halides is 2. The monoisotopic (exact) mass is 292 g/mol. The molecule has 2 nitrogen and oxygen atoms in total. The first-order valence-electron chi connectivity index (χ1n) is 7.26. The van der Waals surface area contributed by atoms with Crippen molar-refractivity contribution in [2.75, 3.05) is 6.54 Å². The van der Waals surface area contributed by atoms with E-state index in [1.54, 1.807) is 35.2 Å². The van der Waals surface area contributed by atoms with E-state index in [0.29, 0.717) is 12.5 Å². The van der Waals surface area contributed by atoms with Gasteiger partial charge in [0.2, 0.25) is 0 Å². The average Bonchev–Trinajstić information content (AvgIpc) is 2.86. The maximum atomic E-state index is 14.2. The zero-order chi connectivity index (χ0) is 15.3. The molecule has 0 aliphatic rings. The Balaban J connectivity index is 1.95. The van der Waals surface area contributed by atoms with Crippen LogP contribution in [0.1, 0.15) is 25.0 Å². The lowest BCUT2D eigenvalue weighted by Crippen LogP contribution is -2.21. The molecule has 2 aromatic rings. The Morgan fingerprint density at radius 1 is 1.14 bits per heavy atom. The van der Waals surface area contributed by atoms with Crippen molar-refractivity contribution in [3.05, 3.63) is 59.9 Å². The summed E-state index contributed by atoms with van der Waals surface area (Å²) in [6, 6.07) is 9.84. The summed E-state index contributed by atoms with van der Waals surface area (Å²) in [6.45, 7) is 5.58. The van der Waals surface area contributed by atoms with E-state index >= 15 is 0 Å². The van der Waals surface area contributed by atoms with Crippen molar-refractivity contribution < 1.29 is 8.78 Å². The molecule has 0 bridgehead atoms. The molecule has 0 saturated carbocycles. The van der Waals surface area contributed by atoms with E-state index in [0.717, 1.165) is 12.1 Å². The van der Waals surface area contributed by atoms with Crippen molar-refractivity contribution in [2.24, 2.45) is 5.92 Å². The predicted molar refractivity (Wildman–Crippen MR) is 81.3 cm³/mol. The van der Waals surface area contributed by atoms with Crippen LogP contribution in [0.25, 0.3) is 0 Å². The fraction of sp³-hybridized carbons (Fsp3) is 0.412. The van der Waals surface area contributed by atoms with Gasteiger partial charge in [0.1, 0.15) is 0 Å². The molecular formula is C17H22F2N2. The van der Waals surface area contributed by atoms with Crippen molar-refractivity contribution in [3.8, 4) is 0 Å². The second-order valence-corrected chi connectivity index (χ2v) is 5.79. The molecule has 0 saturated heterocycles. The minimum Gasteiger partial charge on any atom is -0.348 e. The highest BCUT2D eigenvalue weighted by molar-refractivity contribution is 5.20. The molecule has 0 radical (unpaired) electrons. The molecule has 0 spiro atoms. The number of hydrogen-bond donors (Lipinski definition) is 1. The van der Waals surface area contributed by atoms with E-state index in [1.165, 1.54) is 12.1 Å². The van der Waals surface area contributed by atoms with Crippen LogP contribution in [0, 0.1) is 5.92 Å². The molecule has 114 valence electrons. The summed E-state index contributed by atoms with van der Waals surface area (Å²) in [4.78, 5) is 0. The quantitative estimate of drug-likeness (QED) is 0.815. The number of rotatable bonds is 7. The molecule has 1 N–H and O–H groups in total. The highest BCUT2D eigenvalue weighted by atomic mass is 19.3. The van der Waals surface area contributed by atoms with Gasteiger partial charge >= 0.3 is 0 Å². The Bertz CT molecular complexity index is 547. The van der Waals surface area contributed by atoms with Crippen molar-refractivity contribution in [2.45, 2.75) is 32.9 Å². The van der Waals surface area contributed by atoms with Crippen LogP contribution < -0.4 is 5.32 Å². The molecule has 0 unspecified atom stereocenters. The zero-order valence-corrected chi connectivity index (χ0v) is 12.5. The molecule has 4 heteroatoms. The lowest BCUT2D eigenvalue weighted by atomic mass is 10.1. The van der Waals surface area contributed by atoms with Gasteiger partial charge in [-0.2, -0.15) is 8.78 Å². The maximum Gasteiger partial charge on any atom is 0.290 e. The minimum absolute atomic E-state index is 0.0539. The molecule has 0 atom stereocenters. The van der Waals surface area contributed by atoms with Crippen LogP contribution in [0.5, 0.6) is 0 Å². The van der Waals surface area contributed by atoms with Gasteiger partial charge in [-0.3, -0.25) is 0 Å². The smallest absolute Gasteiger partial charge is 0.290 e. The summed E-state index contributed by atoms with van der Waals surface area (Å²) < 4.78 is 29.9. The fourth-order valence-electron chi connectivity index (χ4n) is 2.20. The Kier molecular flexibility index (Phi) is 5.12. The normalized spacial score (nSPS) is 12.0. The van der Waals surface area contributed by atoms with Crippen molar-refractivity contribution in [1.29, 1.82) is 0 Å². The third-order valence-corrected chi connectivity index (χ3v) is 3.27. The first kappa shape index (κ1) is 15.7. The van der Waals surface area contributed by atoms with E-state index < -0.39 is 5.92 Å². The molecule has 1 heterocycles. The molecule has 2 rings (SSSR count). The third-order valence-electron chi connectivity index (χ3n) is 3.27. The average molecular weight is 292 g/mol. The molecule has 0 fully saturated rings. The van der Waals surface area contributed by atoms with Gasteiger partial charge < -0.3 is 9.88 Å². The predicted octanol–water partition coefficient (Wildman–Crippen LogP) is 4.03. The number of nitrogens with zero attached hydrogens (tertiary/aromatic N) is 1. The number of benzene rings is 1. The van der Waals surface area contributed by atoms with E-state index in [2.05, 4.69) is 19.2 Å². The van der Waals surface area contributed by atoms with Crippen LogP contribution in [0.3, 0.4) is 0 Å². The lowest BCUT2D eigenvalue weighted by Gasteiger charge is -2.17. The molecule has 0 amide bonds. The minimum atomic E-state index is -2.86. The Morgan fingerprint density at radius 3 is 2.52 bits per heavy atom. The highest BCUT2D eigenvalue weighted by Gasteiger charge is 2.31. The maximum absolute atomic E-state index is 14.2. The van der Waals surface area contributed by atoms with Crippen molar-refractivity contribution in [1.82, 2.24) is 9.88 Å². The van der Waals surface area contributed by atoms with Gasteiger partial charge in [0.05, 0.1) is 6.54 Å². The number of halogens is 2. The second-order valence-electron chi connectivity index (χ2n) is 5.79. The van der Waals surface area contributed by atoms with E-state index in [9.17, 15) is 8.78 Å². The van der Waals surface area contributed by atoms with E-state index in [-0.39, 0.29) is 12.1 Å². The first-order chi connectivity index (χ1) is 9.97. The van der Waals surface area contributed by atoms with Crippen LogP contribution in [-0.2, 0) is 19.0 Å². The van der Waals surface area contributed by atoms with Gasteiger partial charge in [-0.25, -0.2) is 0 Å². The largest absolute Gasteiger partial charge is 0.348 e. The molecular weight excluding hydrogens is 270 g/mol. The zero-order valence-electron chi connectivity index (χ0n) is 12.5. The molecule has 1 aromatic heterocycles. The summed E-state index contributed by atoms with van der Waals surface area (Å²) >= 11 is 0. The lowest BCUT2D eigenvalue weighted by molar-refractivity contribution is -0.0221. The van der Waals surface area contributed by atoms with Crippen LogP contribution in [-0.4, -0.2) is 11.1 Å². The summed E-state index contributed by atoms with van der Waals surface area (Å²) in [6.07, 6.45) is 3.49. The van der Waals surface area contributed by atoms with Crippen molar-refractivity contribution in [3.63, 3.8) is 0 Å². The van der Waals surface area contributed by atoms with Gasteiger partial charge in [-0.05, 0) is 24.1 Å². The summed E-state index contributed by atoms with van der Waals surface area (Å²) in [5.74, 6) is -2.28. The van der Waals surface area contributed by atoms with Crippen LogP contribution in [0.15, 0.2) is 48.8 Å². The van der Waals surface area contributed by atoms with Crippen LogP contribution in [0.2, 0.25) is 0 Å². The number of nitrogens with one attached hydrogen (secondary N) is 1. The van der Waals surface area contributed by atoms with E-state index in [4.69, 9.17) is 0 Å². The number of hydrogen-bond acceptors (Lipinski definition) is 1. The third kappa shape index (κ3) is 4.67. The molecule has 21 heavy (non-hydrogen) atoms. The van der Waals surface area contributed by atoms with Crippen molar-refractivity contribution >= 4 is 0 Å². The van der Waals surface area contributed by atoms with E-state index in [1.807, 2.05) is 6.07 Å². The van der Waals surface area contributed by atoms with Gasteiger partial charge in [0.25, 0.3) is 5.92 Å². The summed E-state index contributed by atoms with van der Waals surface area (Å²) in [5.41, 5.74) is 1.08. The second kappa shape index (κ2) is 6.85. The van der Waals surface area contributed by atoms with Gasteiger partial charge in [-0.15, -0.1) is 0 Å². The topological polar surface area (TPSA) is 17.0 Å². The standard InChI is InChI=1S/C17H22F2N2/c1-14(2)10-20-11-15-8-9-21(12-15)13-17(18,19)16-6-4-3-5-7-16/h3-9,12,14,20H,10-11,13H2,1-2H3. The summed E-state index contributed by atoms with van der Waals surface area (Å²) in [7, 11) is 0. The fourth-order valence-corrected chi connectivity index (χ4v) is 2.20. The van der Waals surface area contributed by atoms with Crippen LogP contribution in [0.4, 0.5) is 8.78 Å². The first-order valence-corrected chi connectivity index (χ1v) is 7.26. The Hall–Kier alpha value is -1.68. The highest BCUT2D eigenvalue weighted by Crippen LogP contribution is 2.29. The van der Waals surface area contributed by atoms with Gasteiger partial charge in [-0.1, -0.05) is 44.2 Å². The Morgan fingerprint density at radius 2 is 1.86 bits per heavy atom. The van der Waals surface area contributed by atoms with Crippen LogP contribution >= 0.6 is 0 Å². The molecule has 1 aromatic carbocycles. The number of aromatic nitrogens is 1. The SMILES string of the molecule is CC(C)CNCc1ccn(CC(F)(F)c2ccccc2)c1. The molecule has 0 aliphatic heterocycles. The Labute approximate surface area is 124 Å². The summed E-state index contributed by atoms with van der Waals surface area (Å²) in [5, 5.41) is 3.31. The molecule has 0 aliphatic carbocycles. The van der Waals surface area contributed by atoms with Gasteiger partial charge in [0, 0.05) is 24.5 Å². The van der Waals surface area contributed by atoms with Gasteiger partial charge in [0.15, 0.2) is 0 Å².